The first kappa shape index (κ1) is 22.4. The number of hydrogen-bond acceptors (Lipinski definition) is 5. The third-order valence-electron chi connectivity index (χ3n) is 5.75. The molecule has 3 heterocycles. The number of thiophene rings is 1. The number of H-pyrrole nitrogens is 1. The zero-order valence-electron chi connectivity index (χ0n) is 19.2. The molecular formula is C27H24N6OS. The lowest BCUT2D eigenvalue weighted by Gasteiger charge is -2.09. The minimum atomic E-state index is -0.199. The van der Waals surface area contributed by atoms with Crippen molar-refractivity contribution in [3.63, 3.8) is 0 Å². The lowest BCUT2D eigenvalue weighted by Crippen LogP contribution is -2.29. The fourth-order valence-electron chi connectivity index (χ4n) is 3.90. The van der Waals surface area contributed by atoms with Crippen molar-refractivity contribution in [1.82, 2.24) is 15.3 Å². The fourth-order valence-corrected chi connectivity index (χ4v) is 4.91. The summed E-state index contributed by atoms with van der Waals surface area (Å²) in [4.78, 5) is 21.6. The third-order valence-corrected chi connectivity index (χ3v) is 6.84. The van der Waals surface area contributed by atoms with E-state index in [0.29, 0.717) is 12.1 Å². The Morgan fingerprint density at radius 2 is 1.94 bits per heavy atom. The maximum atomic E-state index is 12.0. The number of aromatic nitrogens is 2. The average molecular weight is 481 g/mol. The van der Waals surface area contributed by atoms with Crippen LogP contribution in [0.2, 0.25) is 0 Å². The van der Waals surface area contributed by atoms with E-state index >= 15 is 0 Å². The van der Waals surface area contributed by atoms with Crippen LogP contribution in [-0.4, -0.2) is 22.5 Å². The van der Waals surface area contributed by atoms with Crippen LogP contribution in [0.4, 0.5) is 21.9 Å². The molecule has 174 valence electrons. The van der Waals surface area contributed by atoms with Crippen molar-refractivity contribution in [1.29, 1.82) is 5.26 Å². The lowest BCUT2D eigenvalue weighted by atomic mass is 10.1. The van der Waals surface area contributed by atoms with Gasteiger partial charge in [-0.25, -0.2) is 9.78 Å². The highest BCUT2D eigenvalue weighted by molar-refractivity contribution is 7.22. The highest BCUT2D eigenvalue weighted by Crippen LogP contribution is 2.38. The number of nitriles is 1. The molecule has 35 heavy (non-hydrogen) atoms. The standard InChI is InChI=1S/C27H24N6OS/c1-2-3-11-30-27(34)33-20-6-4-17(5-7-20)24-14-22-25(19(15-28)16-31-26(22)35-24)32-21-8-9-23-18(13-21)10-12-29-23/h4-10,12-14,16,29H,2-3,11H2,1H3,(H,31,32)(H2,30,33,34). The van der Waals surface area contributed by atoms with Gasteiger partial charge < -0.3 is 20.9 Å². The molecule has 7 nitrogen and oxygen atoms in total. The van der Waals surface area contributed by atoms with Gasteiger partial charge in [0, 0.05) is 51.5 Å². The molecule has 0 saturated carbocycles. The minimum absolute atomic E-state index is 0.199. The molecule has 4 N–H and O–H groups in total. The number of benzene rings is 2. The van der Waals surface area contributed by atoms with Crippen LogP contribution >= 0.6 is 11.3 Å². The molecule has 0 aliphatic rings. The number of hydrogen-bond donors (Lipinski definition) is 4. The number of carbonyl (C=O) groups excluding carboxylic acids is 1. The van der Waals surface area contributed by atoms with Crippen LogP contribution in [0.25, 0.3) is 31.6 Å². The molecule has 0 spiro atoms. The van der Waals surface area contributed by atoms with Gasteiger partial charge in [0.05, 0.1) is 11.3 Å². The zero-order chi connectivity index (χ0) is 24.2. The molecule has 0 atom stereocenters. The van der Waals surface area contributed by atoms with Crippen LogP contribution in [0.1, 0.15) is 25.3 Å². The zero-order valence-corrected chi connectivity index (χ0v) is 20.0. The molecule has 0 fully saturated rings. The van der Waals surface area contributed by atoms with E-state index in [1.807, 2.05) is 48.7 Å². The first-order valence-corrected chi connectivity index (χ1v) is 12.3. The summed E-state index contributed by atoms with van der Waals surface area (Å²) < 4.78 is 0. The van der Waals surface area contributed by atoms with Crippen molar-refractivity contribution in [2.45, 2.75) is 19.8 Å². The fraction of sp³-hybridized carbons (Fsp3) is 0.148. The summed E-state index contributed by atoms with van der Waals surface area (Å²) in [5.41, 5.74) is 4.95. The summed E-state index contributed by atoms with van der Waals surface area (Å²) in [6.45, 7) is 2.75. The van der Waals surface area contributed by atoms with Crippen molar-refractivity contribution in [2.75, 3.05) is 17.2 Å². The van der Waals surface area contributed by atoms with Gasteiger partial charge in [0.1, 0.15) is 10.9 Å². The molecule has 0 aliphatic heterocycles. The van der Waals surface area contributed by atoms with Crippen molar-refractivity contribution in [3.8, 4) is 16.5 Å². The molecule has 0 aliphatic carbocycles. The highest BCUT2D eigenvalue weighted by atomic mass is 32.1. The van der Waals surface area contributed by atoms with E-state index in [0.717, 1.165) is 61.5 Å². The molecule has 2 aromatic carbocycles. The Hall–Kier alpha value is -4.35. The van der Waals surface area contributed by atoms with Crippen LogP contribution in [-0.2, 0) is 0 Å². The van der Waals surface area contributed by atoms with E-state index in [9.17, 15) is 10.1 Å². The quantitative estimate of drug-likeness (QED) is 0.189. The van der Waals surface area contributed by atoms with Crippen LogP contribution in [0, 0.1) is 11.3 Å². The Labute approximate surface area is 206 Å². The maximum Gasteiger partial charge on any atom is 0.319 e. The topological polar surface area (TPSA) is 106 Å². The second-order valence-corrected chi connectivity index (χ2v) is 9.24. The molecule has 0 radical (unpaired) electrons. The summed E-state index contributed by atoms with van der Waals surface area (Å²) >= 11 is 1.57. The molecule has 0 saturated heterocycles. The number of nitrogens with one attached hydrogen (secondary N) is 4. The van der Waals surface area contributed by atoms with Crippen molar-refractivity contribution < 1.29 is 4.79 Å². The Kier molecular flexibility index (Phi) is 6.33. The number of pyridine rings is 1. The first-order chi connectivity index (χ1) is 17.1. The van der Waals surface area contributed by atoms with Crippen LogP contribution in [0.5, 0.6) is 0 Å². The van der Waals surface area contributed by atoms with E-state index in [1.54, 1.807) is 17.5 Å². The van der Waals surface area contributed by atoms with Gasteiger partial charge >= 0.3 is 6.03 Å². The molecule has 5 rings (SSSR count). The summed E-state index contributed by atoms with van der Waals surface area (Å²) in [7, 11) is 0. The number of nitrogens with zero attached hydrogens (tertiary/aromatic N) is 2. The van der Waals surface area contributed by atoms with Gasteiger partial charge in [-0.15, -0.1) is 11.3 Å². The van der Waals surface area contributed by atoms with Crippen LogP contribution in [0.3, 0.4) is 0 Å². The molecule has 0 unspecified atom stereocenters. The number of unbranched alkanes of at least 4 members (excludes halogenated alkanes) is 1. The van der Waals surface area contributed by atoms with Crippen molar-refractivity contribution in [3.05, 3.63) is 72.6 Å². The number of anilines is 3. The normalized spacial score (nSPS) is 10.9. The number of aromatic amines is 1. The van der Waals surface area contributed by atoms with Gasteiger partial charge in [0.25, 0.3) is 0 Å². The molecule has 0 bridgehead atoms. The van der Waals surface area contributed by atoms with Crippen LogP contribution in [0.15, 0.2) is 67.0 Å². The van der Waals surface area contributed by atoms with Gasteiger partial charge in [-0.1, -0.05) is 25.5 Å². The Balaban J connectivity index is 1.41. The summed E-state index contributed by atoms with van der Waals surface area (Å²) in [5, 5.41) is 20.9. The highest BCUT2D eigenvalue weighted by Gasteiger charge is 2.14. The number of rotatable bonds is 7. The second kappa shape index (κ2) is 9.87. The van der Waals surface area contributed by atoms with E-state index < -0.39 is 0 Å². The largest absolute Gasteiger partial charge is 0.361 e. The Morgan fingerprint density at radius 1 is 1.11 bits per heavy atom. The maximum absolute atomic E-state index is 12.0. The van der Waals surface area contributed by atoms with Gasteiger partial charge in [0.2, 0.25) is 0 Å². The van der Waals surface area contributed by atoms with E-state index in [1.165, 1.54) is 0 Å². The van der Waals surface area contributed by atoms with Gasteiger partial charge in [-0.3, -0.25) is 0 Å². The number of urea groups is 1. The minimum Gasteiger partial charge on any atom is -0.361 e. The average Bonchev–Trinajstić information content (AvgIpc) is 3.52. The second-order valence-electron chi connectivity index (χ2n) is 8.20. The lowest BCUT2D eigenvalue weighted by molar-refractivity contribution is 0.252. The van der Waals surface area contributed by atoms with E-state index in [4.69, 9.17) is 0 Å². The Morgan fingerprint density at radius 3 is 2.74 bits per heavy atom. The predicted molar refractivity (Wildman–Crippen MR) is 143 cm³/mol. The SMILES string of the molecule is CCCCNC(=O)Nc1ccc(-c2cc3c(Nc4ccc5[nH]ccc5c4)c(C#N)cnc3s2)cc1. The van der Waals surface area contributed by atoms with Crippen LogP contribution < -0.4 is 16.0 Å². The summed E-state index contributed by atoms with van der Waals surface area (Å²) in [6.07, 6.45) is 5.51. The van der Waals surface area contributed by atoms with E-state index in [2.05, 4.69) is 51.0 Å². The number of fused-ring (bicyclic) bond motifs is 2. The van der Waals surface area contributed by atoms with Crippen molar-refractivity contribution >= 4 is 55.5 Å². The third kappa shape index (κ3) is 4.81. The Bertz CT molecular complexity index is 1540. The molecule has 5 aromatic rings. The molecule has 8 heteroatoms. The summed E-state index contributed by atoms with van der Waals surface area (Å²) in [5.74, 6) is 0. The smallest absolute Gasteiger partial charge is 0.319 e. The predicted octanol–water partition coefficient (Wildman–Crippen LogP) is 6.98. The monoisotopic (exact) mass is 480 g/mol. The first-order valence-electron chi connectivity index (χ1n) is 11.5. The van der Waals surface area contributed by atoms with E-state index in [-0.39, 0.29) is 6.03 Å². The van der Waals surface area contributed by atoms with Gasteiger partial charge in [-0.2, -0.15) is 5.26 Å². The molecular weight excluding hydrogens is 456 g/mol. The summed E-state index contributed by atoms with van der Waals surface area (Å²) in [6, 6.07) is 19.9. The molecule has 3 aromatic heterocycles. The van der Waals surface area contributed by atoms with Gasteiger partial charge in [-0.05, 0) is 54.4 Å². The van der Waals surface area contributed by atoms with Gasteiger partial charge in [0.15, 0.2) is 0 Å². The number of amides is 2. The van der Waals surface area contributed by atoms with Crippen molar-refractivity contribution in [2.24, 2.45) is 0 Å². The molecule has 2 amide bonds. The number of carbonyl (C=O) groups is 1.